The Bertz CT molecular complexity index is 729. The zero-order valence-electron chi connectivity index (χ0n) is 14.7. The summed E-state index contributed by atoms with van der Waals surface area (Å²) in [5.74, 6) is 0.545. The number of nitrogens with one attached hydrogen (secondary N) is 1. The van der Waals surface area contributed by atoms with Crippen molar-refractivity contribution in [3.63, 3.8) is 0 Å². The van der Waals surface area contributed by atoms with Crippen molar-refractivity contribution in [3.05, 3.63) is 59.7 Å². The van der Waals surface area contributed by atoms with Crippen LogP contribution in [0, 0.1) is 0 Å². The standard InChI is InChI=1S/C20H21F2NO4/c21-20(22)27-17-7-3-14(4-8-17)12-23-19(24)15-5-9-16(10-6-15)26-13-18-2-1-11-25-18/h3-10,18,20H,1-2,11-13H2,(H,23,24). The predicted octanol–water partition coefficient (Wildman–Crippen LogP) is 3.78. The van der Waals surface area contributed by atoms with Crippen LogP contribution in [0.2, 0.25) is 0 Å². The van der Waals surface area contributed by atoms with Gasteiger partial charge in [0.05, 0.1) is 6.10 Å². The van der Waals surface area contributed by atoms with Crippen LogP contribution in [-0.4, -0.2) is 31.8 Å². The van der Waals surface area contributed by atoms with Gasteiger partial charge in [0.2, 0.25) is 0 Å². The predicted molar refractivity (Wildman–Crippen MR) is 95.2 cm³/mol. The van der Waals surface area contributed by atoms with Crippen LogP contribution in [0.5, 0.6) is 11.5 Å². The molecule has 1 aliphatic heterocycles. The molecular formula is C20H21F2NO4. The van der Waals surface area contributed by atoms with Gasteiger partial charge in [-0.05, 0) is 54.8 Å². The lowest BCUT2D eigenvalue weighted by Gasteiger charge is -2.12. The molecule has 0 bridgehead atoms. The molecule has 0 saturated carbocycles. The second-order valence-corrected chi connectivity index (χ2v) is 6.18. The third-order valence-corrected chi connectivity index (χ3v) is 4.18. The fraction of sp³-hybridized carbons (Fsp3) is 0.350. The molecule has 1 amide bonds. The van der Waals surface area contributed by atoms with E-state index in [4.69, 9.17) is 9.47 Å². The van der Waals surface area contributed by atoms with Crippen molar-refractivity contribution in [1.82, 2.24) is 5.32 Å². The first-order valence-electron chi connectivity index (χ1n) is 8.76. The van der Waals surface area contributed by atoms with Gasteiger partial charge in [-0.3, -0.25) is 4.79 Å². The quantitative estimate of drug-likeness (QED) is 0.761. The molecule has 1 saturated heterocycles. The van der Waals surface area contributed by atoms with Crippen LogP contribution in [0.15, 0.2) is 48.5 Å². The smallest absolute Gasteiger partial charge is 0.387 e. The Morgan fingerprint density at radius 3 is 2.44 bits per heavy atom. The van der Waals surface area contributed by atoms with E-state index in [-0.39, 0.29) is 24.3 Å². The van der Waals surface area contributed by atoms with E-state index in [2.05, 4.69) is 10.1 Å². The van der Waals surface area contributed by atoms with Crippen molar-refractivity contribution >= 4 is 5.91 Å². The number of rotatable bonds is 8. The number of hydrogen-bond donors (Lipinski definition) is 1. The molecule has 2 aromatic rings. The summed E-state index contributed by atoms with van der Waals surface area (Å²) in [7, 11) is 0. The molecule has 27 heavy (non-hydrogen) atoms. The lowest BCUT2D eigenvalue weighted by atomic mass is 10.2. The number of alkyl halides is 2. The second kappa shape index (κ2) is 9.32. The maximum atomic E-state index is 12.2. The minimum atomic E-state index is -2.85. The van der Waals surface area contributed by atoms with Crippen molar-refractivity contribution < 1.29 is 27.8 Å². The molecule has 1 heterocycles. The van der Waals surface area contributed by atoms with Crippen LogP contribution >= 0.6 is 0 Å². The molecule has 144 valence electrons. The third kappa shape index (κ3) is 5.92. The maximum Gasteiger partial charge on any atom is 0.387 e. The zero-order chi connectivity index (χ0) is 19.1. The number of ether oxygens (including phenoxy) is 3. The number of halogens is 2. The fourth-order valence-corrected chi connectivity index (χ4v) is 2.74. The Morgan fingerprint density at radius 2 is 1.81 bits per heavy atom. The minimum absolute atomic E-state index is 0.0821. The molecule has 5 nitrogen and oxygen atoms in total. The Labute approximate surface area is 156 Å². The fourth-order valence-electron chi connectivity index (χ4n) is 2.74. The van der Waals surface area contributed by atoms with E-state index in [1.807, 2.05) is 0 Å². The van der Waals surface area contributed by atoms with E-state index < -0.39 is 6.61 Å². The monoisotopic (exact) mass is 377 g/mol. The van der Waals surface area contributed by atoms with Gasteiger partial charge in [-0.2, -0.15) is 8.78 Å². The van der Waals surface area contributed by atoms with E-state index in [1.54, 1.807) is 36.4 Å². The molecule has 2 aromatic carbocycles. The summed E-state index contributed by atoms with van der Waals surface area (Å²) in [5, 5.41) is 2.78. The Kier molecular flexibility index (Phi) is 6.59. The van der Waals surface area contributed by atoms with Crippen molar-refractivity contribution in [2.24, 2.45) is 0 Å². The van der Waals surface area contributed by atoms with Crippen LogP contribution in [0.3, 0.4) is 0 Å². The average molecular weight is 377 g/mol. The lowest BCUT2D eigenvalue weighted by molar-refractivity contribution is -0.0498. The van der Waals surface area contributed by atoms with Crippen LogP contribution in [0.25, 0.3) is 0 Å². The summed E-state index contributed by atoms with van der Waals surface area (Å²) < 4.78 is 39.7. The number of amides is 1. The van der Waals surface area contributed by atoms with E-state index in [0.29, 0.717) is 17.9 Å². The zero-order valence-corrected chi connectivity index (χ0v) is 14.7. The van der Waals surface area contributed by atoms with Gasteiger partial charge in [0.25, 0.3) is 5.91 Å². The van der Waals surface area contributed by atoms with Gasteiger partial charge in [0.15, 0.2) is 0 Å². The average Bonchev–Trinajstić information content (AvgIpc) is 3.19. The molecular weight excluding hydrogens is 356 g/mol. The molecule has 1 fully saturated rings. The molecule has 0 aliphatic carbocycles. The highest BCUT2D eigenvalue weighted by atomic mass is 19.3. The van der Waals surface area contributed by atoms with Crippen molar-refractivity contribution in [1.29, 1.82) is 0 Å². The highest BCUT2D eigenvalue weighted by molar-refractivity contribution is 5.94. The summed E-state index contributed by atoms with van der Waals surface area (Å²) in [6, 6.07) is 13.0. The number of benzene rings is 2. The first-order valence-corrected chi connectivity index (χ1v) is 8.76. The van der Waals surface area contributed by atoms with Gasteiger partial charge in [-0.1, -0.05) is 12.1 Å². The third-order valence-electron chi connectivity index (χ3n) is 4.18. The van der Waals surface area contributed by atoms with E-state index in [1.165, 1.54) is 12.1 Å². The van der Waals surface area contributed by atoms with Gasteiger partial charge >= 0.3 is 6.61 Å². The Hall–Kier alpha value is -2.67. The highest BCUT2D eigenvalue weighted by Crippen LogP contribution is 2.17. The van der Waals surface area contributed by atoms with Gasteiger partial charge in [0, 0.05) is 18.7 Å². The molecule has 0 radical (unpaired) electrons. The van der Waals surface area contributed by atoms with Gasteiger partial charge < -0.3 is 19.5 Å². The summed E-state index contributed by atoms with van der Waals surface area (Å²) in [4.78, 5) is 12.2. The second-order valence-electron chi connectivity index (χ2n) is 6.18. The topological polar surface area (TPSA) is 56.8 Å². The Morgan fingerprint density at radius 1 is 1.11 bits per heavy atom. The first-order chi connectivity index (χ1) is 13.1. The van der Waals surface area contributed by atoms with E-state index >= 15 is 0 Å². The van der Waals surface area contributed by atoms with E-state index in [9.17, 15) is 13.6 Å². The Balaban J connectivity index is 1.46. The van der Waals surface area contributed by atoms with Crippen LogP contribution < -0.4 is 14.8 Å². The van der Waals surface area contributed by atoms with Crippen LogP contribution in [0.4, 0.5) is 8.78 Å². The number of hydrogen-bond acceptors (Lipinski definition) is 4. The maximum absolute atomic E-state index is 12.2. The van der Waals surface area contributed by atoms with Crippen molar-refractivity contribution in [3.8, 4) is 11.5 Å². The van der Waals surface area contributed by atoms with Gasteiger partial charge in [-0.25, -0.2) is 0 Å². The summed E-state index contributed by atoms with van der Waals surface area (Å²) in [6.07, 6.45) is 2.22. The largest absolute Gasteiger partial charge is 0.491 e. The molecule has 7 heteroatoms. The molecule has 1 unspecified atom stereocenters. The summed E-state index contributed by atoms with van der Waals surface area (Å²) in [5.41, 5.74) is 1.29. The minimum Gasteiger partial charge on any atom is -0.491 e. The lowest BCUT2D eigenvalue weighted by Crippen LogP contribution is -2.22. The summed E-state index contributed by atoms with van der Waals surface area (Å²) in [6.45, 7) is -1.27. The van der Waals surface area contributed by atoms with Crippen LogP contribution in [0.1, 0.15) is 28.8 Å². The number of carbonyl (C=O) groups is 1. The molecule has 0 spiro atoms. The van der Waals surface area contributed by atoms with E-state index in [0.717, 1.165) is 25.0 Å². The van der Waals surface area contributed by atoms with Crippen molar-refractivity contribution in [2.45, 2.75) is 32.1 Å². The molecule has 3 rings (SSSR count). The normalized spacial score (nSPS) is 16.3. The van der Waals surface area contributed by atoms with Gasteiger partial charge in [-0.15, -0.1) is 0 Å². The molecule has 1 aliphatic rings. The number of carbonyl (C=O) groups excluding carboxylic acids is 1. The van der Waals surface area contributed by atoms with Crippen molar-refractivity contribution in [2.75, 3.05) is 13.2 Å². The van der Waals surface area contributed by atoms with Crippen LogP contribution in [-0.2, 0) is 11.3 Å². The van der Waals surface area contributed by atoms with Gasteiger partial charge in [0.1, 0.15) is 18.1 Å². The molecule has 0 aromatic heterocycles. The molecule has 1 atom stereocenters. The molecule has 1 N–H and O–H groups in total. The summed E-state index contributed by atoms with van der Waals surface area (Å²) >= 11 is 0. The SMILES string of the molecule is O=C(NCc1ccc(OC(F)F)cc1)c1ccc(OCC2CCCO2)cc1. The first kappa shape index (κ1) is 19.1. The highest BCUT2D eigenvalue weighted by Gasteiger charge is 2.16.